The Morgan fingerprint density at radius 3 is 1.12 bits per heavy atom. The third kappa shape index (κ3) is 57.0. The van der Waals surface area contributed by atoms with Crippen molar-refractivity contribution in [2.45, 2.75) is 277 Å². The lowest BCUT2D eigenvalue weighted by molar-refractivity contribution is -0.870. The maximum atomic E-state index is 12.7. The summed E-state index contributed by atoms with van der Waals surface area (Å²) in [7, 11) is 1.11. The number of esters is 2. The van der Waals surface area contributed by atoms with Crippen LogP contribution in [0.3, 0.4) is 0 Å². The molecule has 0 radical (unpaired) electrons. The van der Waals surface area contributed by atoms with E-state index in [1.807, 2.05) is 33.3 Å². The van der Waals surface area contributed by atoms with Crippen LogP contribution in [0.5, 0.6) is 0 Å². The number of hydrogen-bond acceptors (Lipinski definition) is 8. The first-order valence-electron chi connectivity index (χ1n) is 30.0. The van der Waals surface area contributed by atoms with E-state index >= 15 is 0 Å². The molecule has 10 heteroatoms. The molecular formula is C62H114NO8P. The third-order valence-corrected chi connectivity index (χ3v) is 14.0. The monoisotopic (exact) mass is 1030 g/mol. The predicted octanol–water partition coefficient (Wildman–Crippen LogP) is 18.1. The molecule has 2 unspecified atom stereocenters. The van der Waals surface area contributed by atoms with Crippen LogP contribution in [-0.4, -0.2) is 70.0 Å². The summed E-state index contributed by atoms with van der Waals surface area (Å²) >= 11 is 0. The highest BCUT2D eigenvalue weighted by atomic mass is 31.2. The molecule has 72 heavy (non-hydrogen) atoms. The molecule has 0 aliphatic rings. The summed E-state index contributed by atoms with van der Waals surface area (Å²) in [6.07, 6.45) is 69.1. The Morgan fingerprint density at radius 2 is 0.778 bits per heavy atom. The normalized spacial score (nSPS) is 13.7. The van der Waals surface area contributed by atoms with Gasteiger partial charge in [0.1, 0.15) is 19.8 Å². The van der Waals surface area contributed by atoms with E-state index < -0.39 is 32.5 Å². The SMILES string of the molecule is CC/C=C\C/C=C\C/C=C\C/C=C\C/C=C\CC(=O)OC(COC(=O)CCCCCCCCCCCCCCCCCCCCCCCCCCCCCCCCCCC)COP(=O)([O-])OCC[N+](C)(C)C. The molecule has 0 saturated carbocycles. The van der Waals surface area contributed by atoms with Gasteiger partial charge in [-0.15, -0.1) is 0 Å². The maximum absolute atomic E-state index is 12.7. The molecule has 0 spiro atoms. The second kappa shape index (κ2) is 53.5. The molecule has 0 heterocycles. The molecule has 0 saturated heterocycles. The summed E-state index contributed by atoms with van der Waals surface area (Å²) in [5.74, 6) is -0.974. The summed E-state index contributed by atoms with van der Waals surface area (Å²) in [4.78, 5) is 37.7. The largest absolute Gasteiger partial charge is 0.756 e. The molecule has 0 N–H and O–H groups in total. The number of rotatable bonds is 55. The fraction of sp³-hybridized carbons (Fsp3) is 0.806. The van der Waals surface area contributed by atoms with Crippen molar-refractivity contribution in [1.82, 2.24) is 0 Å². The number of likely N-dealkylation sites (N-methyl/N-ethyl adjacent to an activating group) is 1. The van der Waals surface area contributed by atoms with Gasteiger partial charge in [0.15, 0.2) is 6.10 Å². The van der Waals surface area contributed by atoms with Gasteiger partial charge >= 0.3 is 11.9 Å². The van der Waals surface area contributed by atoms with Crippen LogP contribution in [-0.2, 0) is 32.7 Å². The van der Waals surface area contributed by atoms with Gasteiger partial charge in [-0.2, -0.15) is 0 Å². The van der Waals surface area contributed by atoms with Crippen LogP contribution < -0.4 is 4.89 Å². The van der Waals surface area contributed by atoms with Crippen LogP contribution >= 0.6 is 7.82 Å². The Kier molecular flexibility index (Phi) is 51.8. The first-order chi connectivity index (χ1) is 35.0. The molecule has 420 valence electrons. The van der Waals surface area contributed by atoms with Crippen LogP contribution in [0.1, 0.15) is 271 Å². The zero-order chi connectivity index (χ0) is 52.7. The number of quaternary nitrogens is 1. The molecule has 0 bridgehead atoms. The maximum Gasteiger partial charge on any atom is 0.310 e. The van der Waals surface area contributed by atoms with Crippen LogP contribution in [0.15, 0.2) is 60.8 Å². The summed E-state index contributed by atoms with van der Waals surface area (Å²) < 4.78 is 33.9. The highest BCUT2D eigenvalue weighted by molar-refractivity contribution is 7.45. The van der Waals surface area contributed by atoms with Crippen LogP contribution in [0.25, 0.3) is 0 Å². The Labute approximate surface area is 445 Å². The lowest BCUT2D eigenvalue weighted by Gasteiger charge is -2.28. The number of ether oxygens (including phenoxy) is 2. The Morgan fingerprint density at radius 1 is 0.444 bits per heavy atom. The van der Waals surface area contributed by atoms with Crippen molar-refractivity contribution in [3.63, 3.8) is 0 Å². The van der Waals surface area contributed by atoms with E-state index in [0.29, 0.717) is 17.4 Å². The highest BCUT2D eigenvalue weighted by Gasteiger charge is 2.21. The van der Waals surface area contributed by atoms with Gasteiger partial charge in [-0.25, -0.2) is 0 Å². The van der Waals surface area contributed by atoms with Gasteiger partial charge in [-0.05, 0) is 38.5 Å². The third-order valence-electron chi connectivity index (χ3n) is 13.1. The number of carbonyl (C=O) groups is 2. The quantitative estimate of drug-likeness (QED) is 0.0195. The molecule has 0 aliphatic heterocycles. The number of allylic oxidation sites excluding steroid dienone is 9. The molecule has 0 rings (SSSR count). The van der Waals surface area contributed by atoms with E-state index in [0.717, 1.165) is 44.9 Å². The smallest absolute Gasteiger partial charge is 0.310 e. The minimum atomic E-state index is -4.66. The summed E-state index contributed by atoms with van der Waals surface area (Å²) in [6.45, 7) is 4.04. The van der Waals surface area contributed by atoms with Gasteiger partial charge in [0.25, 0.3) is 7.82 Å². The van der Waals surface area contributed by atoms with E-state index in [-0.39, 0.29) is 26.1 Å². The van der Waals surface area contributed by atoms with Crippen molar-refractivity contribution in [3.05, 3.63) is 60.8 Å². The van der Waals surface area contributed by atoms with Crippen LogP contribution in [0.2, 0.25) is 0 Å². The van der Waals surface area contributed by atoms with Crippen LogP contribution in [0.4, 0.5) is 0 Å². The Hall–Kier alpha value is -2.29. The zero-order valence-electron chi connectivity index (χ0n) is 47.6. The Bertz CT molecular complexity index is 1400. The number of nitrogens with zero attached hydrogens (tertiary/aromatic N) is 1. The van der Waals surface area contributed by atoms with Crippen molar-refractivity contribution in [3.8, 4) is 0 Å². The van der Waals surface area contributed by atoms with Gasteiger partial charge in [0.2, 0.25) is 0 Å². The van der Waals surface area contributed by atoms with Crippen molar-refractivity contribution in [2.75, 3.05) is 47.5 Å². The zero-order valence-corrected chi connectivity index (χ0v) is 48.5. The molecule has 0 aromatic carbocycles. The Balaban J connectivity index is 4.02. The van der Waals surface area contributed by atoms with Gasteiger partial charge in [0, 0.05) is 6.42 Å². The van der Waals surface area contributed by atoms with E-state index in [4.69, 9.17) is 18.5 Å². The summed E-state index contributed by atoms with van der Waals surface area (Å²) in [6, 6.07) is 0. The van der Waals surface area contributed by atoms with Gasteiger partial charge < -0.3 is 27.9 Å². The standard InChI is InChI=1S/C62H114NO8P/c1-6-8-10-12-14-16-18-20-22-23-24-25-26-27-28-29-30-31-32-33-34-35-36-37-38-39-41-42-44-46-48-50-52-54-61(64)68-58-60(59-70-72(66,67)69-57-56-63(3,4)5)71-62(65)55-53-51-49-47-45-43-40-21-19-17-15-13-11-9-7-2/h9,11,15,17,21,40,45,47,51,53,60H,6-8,10,12-14,16,18-20,22-39,41-44,46,48-50,52,54-59H2,1-5H3/b11-9-,17-15-,40-21-,47-45-,53-51-. The van der Waals surface area contributed by atoms with E-state index in [1.54, 1.807) is 6.08 Å². The average molecular weight is 1030 g/mol. The fourth-order valence-corrected chi connectivity index (χ4v) is 9.23. The number of unbranched alkanes of at least 4 members (excludes halogenated alkanes) is 32. The second-order valence-electron chi connectivity index (χ2n) is 21.4. The molecule has 0 aromatic heterocycles. The van der Waals surface area contributed by atoms with Crippen molar-refractivity contribution >= 4 is 19.8 Å². The summed E-state index contributed by atoms with van der Waals surface area (Å²) in [5, 5.41) is 0. The molecule has 2 atom stereocenters. The lowest BCUT2D eigenvalue weighted by atomic mass is 10.0. The minimum absolute atomic E-state index is 0.00722. The molecule has 0 fully saturated rings. The first-order valence-corrected chi connectivity index (χ1v) is 31.5. The van der Waals surface area contributed by atoms with E-state index in [2.05, 4.69) is 56.4 Å². The predicted molar refractivity (Wildman–Crippen MR) is 305 cm³/mol. The first kappa shape index (κ1) is 69.7. The van der Waals surface area contributed by atoms with Crippen molar-refractivity contribution in [2.24, 2.45) is 0 Å². The van der Waals surface area contributed by atoms with Crippen LogP contribution in [0, 0.1) is 0 Å². The van der Waals surface area contributed by atoms with Crippen molar-refractivity contribution in [1.29, 1.82) is 0 Å². The fourth-order valence-electron chi connectivity index (χ4n) is 8.50. The average Bonchev–Trinajstić information content (AvgIpc) is 3.34. The molecular weight excluding hydrogens is 918 g/mol. The molecule has 9 nitrogen and oxygen atoms in total. The van der Waals surface area contributed by atoms with E-state index in [9.17, 15) is 19.0 Å². The number of carbonyl (C=O) groups excluding carboxylic acids is 2. The lowest BCUT2D eigenvalue weighted by Crippen LogP contribution is -2.37. The van der Waals surface area contributed by atoms with Crippen molar-refractivity contribution < 1.29 is 42.1 Å². The van der Waals surface area contributed by atoms with Gasteiger partial charge in [-0.1, -0.05) is 280 Å². The van der Waals surface area contributed by atoms with Gasteiger partial charge in [0.05, 0.1) is 34.2 Å². The number of hydrogen-bond donors (Lipinski definition) is 0. The second-order valence-corrected chi connectivity index (χ2v) is 22.8. The highest BCUT2D eigenvalue weighted by Crippen LogP contribution is 2.38. The number of phosphoric ester groups is 1. The van der Waals surface area contributed by atoms with E-state index in [1.165, 1.54) is 193 Å². The number of phosphoric acid groups is 1. The molecule has 0 aromatic rings. The topological polar surface area (TPSA) is 111 Å². The molecule has 0 amide bonds. The summed E-state index contributed by atoms with van der Waals surface area (Å²) in [5.41, 5.74) is 0. The van der Waals surface area contributed by atoms with Gasteiger partial charge in [-0.3, -0.25) is 14.2 Å². The minimum Gasteiger partial charge on any atom is -0.756 e. The molecule has 0 aliphatic carbocycles.